The monoisotopic (exact) mass is 297 g/mol. The van der Waals surface area contributed by atoms with Crippen LogP contribution in [0.5, 0.6) is 0 Å². The summed E-state index contributed by atoms with van der Waals surface area (Å²) in [7, 11) is -3.68. The van der Waals surface area contributed by atoms with Gasteiger partial charge in [-0.05, 0) is 18.6 Å². The molecule has 1 unspecified atom stereocenters. The summed E-state index contributed by atoms with van der Waals surface area (Å²) in [6.07, 6.45) is 0.166. The predicted octanol–water partition coefficient (Wildman–Crippen LogP) is 1.93. The Bertz CT molecular complexity index is 497. The molecule has 1 rings (SSSR count). The second kappa shape index (κ2) is 5.81. The maximum Gasteiger partial charge on any atom is 0.304 e. The molecule has 0 aliphatic heterocycles. The maximum atomic E-state index is 11.8. The van der Waals surface area contributed by atoms with Gasteiger partial charge in [0.1, 0.15) is 4.21 Å². The zero-order valence-corrected chi connectivity index (χ0v) is 11.4. The van der Waals surface area contributed by atoms with Gasteiger partial charge in [-0.1, -0.05) is 18.5 Å². The molecular formula is C9H12ClNO4S2. The van der Waals surface area contributed by atoms with Crippen LogP contribution in [0.3, 0.4) is 0 Å². The summed E-state index contributed by atoms with van der Waals surface area (Å²) in [5.41, 5.74) is 0. The molecule has 1 heterocycles. The summed E-state index contributed by atoms with van der Waals surface area (Å²) in [5.74, 6) is -1.04. The van der Waals surface area contributed by atoms with Gasteiger partial charge < -0.3 is 5.11 Å². The zero-order chi connectivity index (χ0) is 13.1. The largest absolute Gasteiger partial charge is 0.481 e. The predicted molar refractivity (Wildman–Crippen MR) is 66.0 cm³/mol. The number of rotatable bonds is 6. The molecule has 0 aromatic carbocycles. The van der Waals surface area contributed by atoms with E-state index in [2.05, 4.69) is 4.72 Å². The minimum absolute atomic E-state index is 0.0892. The fraction of sp³-hybridized carbons (Fsp3) is 0.444. The fourth-order valence-electron chi connectivity index (χ4n) is 1.20. The Kier molecular flexibility index (Phi) is 4.93. The molecule has 0 saturated carbocycles. The minimum Gasteiger partial charge on any atom is -0.481 e. The SMILES string of the molecule is CCC(CC(=O)O)NS(=O)(=O)c1ccc(Cl)s1. The van der Waals surface area contributed by atoms with Crippen LogP contribution in [0.15, 0.2) is 16.3 Å². The van der Waals surface area contributed by atoms with Crippen molar-refractivity contribution in [2.24, 2.45) is 0 Å². The van der Waals surface area contributed by atoms with E-state index in [4.69, 9.17) is 16.7 Å². The van der Waals surface area contributed by atoms with Crippen LogP contribution in [-0.2, 0) is 14.8 Å². The van der Waals surface area contributed by atoms with Crippen molar-refractivity contribution in [2.75, 3.05) is 0 Å². The minimum atomic E-state index is -3.68. The third-order valence-electron chi connectivity index (χ3n) is 2.05. The number of aliphatic carboxylic acids is 1. The highest BCUT2D eigenvalue weighted by Crippen LogP contribution is 2.25. The van der Waals surface area contributed by atoms with Crippen molar-refractivity contribution >= 4 is 38.9 Å². The van der Waals surface area contributed by atoms with Crippen LogP contribution in [0, 0.1) is 0 Å². The topological polar surface area (TPSA) is 83.5 Å². The first-order valence-corrected chi connectivity index (χ1v) is 7.52. The molecule has 0 aliphatic carbocycles. The molecule has 96 valence electrons. The average Bonchev–Trinajstić information content (AvgIpc) is 2.63. The number of hydrogen-bond acceptors (Lipinski definition) is 4. The van der Waals surface area contributed by atoms with E-state index in [-0.39, 0.29) is 10.6 Å². The Morgan fingerprint density at radius 3 is 2.65 bits per heavy atom. The van der Waals surface area contributed by atoms with Gasteiger partial charge in [0, 0.05) is 6.04 Å². The number of sulfonamides is 1. The van der Waals surface area contributed by atoms with E-state index in [1.807, 2.05) is 0 Å². The summed E-state index contributed by atoms with van der Waals surface area (Å²) in [4.78, 5) is 10.5. The first-order chi connectivity index (χ1) is 7.85. The summed E-state index contributed by atoms with van der Waals surface area (Å²) < 4.78 is 26.5. The molecule has 1 atom stereocenters. The lowest BCUT2D eigenvalue weighted by molar-refractivity contribution is -0.137. The second-order valence-electron chi connectivity index (χ2n) is 3.38. The van der Waals surface area contributed by atoms with E-state index in [1.165, 1.54) is 12.1 Å². The van der Waals surface area contributed by atoms with Crippen LogP contribution in [-0.4, -0.2) is 25.5 Å². The molecule has 2 N–H and O–H groups in total. The van der Waals surface area contributed by atoms with Crippen LogP contribution in [0.25, 0.3) is 0 Å². The molecule has 1 aromatic heterocycles. The van der Waals surface area contributed by atoms with Crippen LogP contribution in [0.1, 0.15) is 19.8 Å². The van der Waals surface area contributed by atoms with Crippen LogP contribution < -0.4 is 4.72 Å². The summed E-state index contributed by atoms with van der Waals surface area (Å²) >= 11 is 6.59. The molecule has 0 spiro atoms. The molecule has 17 heavy (non-hydrogen) atoms. The van der Waals surface area contributed by atoms with E-state index in [0.29, 0.717) is 10.8 Å². The van der Waals surface area contributed by atoms with Crippen molar-refractivity contribution in [3.8, 4) is 0 Å². The van der Waals surface area contributed by atoms with Crippen molar-refractivity contribution in [3.05, 3.63) is 16.5 Å². The summed E-state index contributed by atoms with van der Waals surface area (Å²) in [6.45, 7) is 1.72. The lowest BCUT2D eigenvalue weighted by Crippen LogP contribution is -2.35. The lowest BCUT2D eigenvalue weighted by Gasteiger charge is -2.13. The number of carboxylic acids is 1. The Morgan fingerprint density at radius 2 is 2.24 bits per heavy atom. The smallest absolute Gasteiger partial charge is 0.304 e. The number of nitrogens with one attached hydrogen (secondary N) is 1. The van der Waals surface area contributed by atoms with Gasteiger partial charge in [0.2, 0.25) is 10.0 Å². The number of carbonyl (C=O) groups is 1. The summed E-state index contributed by atoms with van der Waals surface area (Å²) in [6, 6.07) is 2.26. The highest BCUT2D eigenvalue weighted by molar-refractivity contribution is 7.91. The van der Waals surface area contributed by atoms with Gasteiger partial charge in [-0.3, -0.25) is 4.79 Å². The Balaban J connectivity index is 2.81. The Hall–Kier alpha value is -0.630. The Labute approximate surface area is 108 Å². The van der Waals surface area contributed by atoms with Crippen molar-refractivity contribution in [2.45, 2.75) is 30.0 Å². The normalized spacial score (nSPS) is 13.5. The van der Waals surface area contributed by atoms with Gasteiger partial charge in [0.05, 0.1) is 10.8 Å². The van der Waals surface area contributed by atoms with Crippen molar-refractivity contribution in [3.63, 3.8) is 0 Å². The third kappa shape index (κ3) is 4.27. The standard InChI is InChI=1S/C9H12ClNO4S2/c1-2-6(5-8(12)13)11-17(14,15)9-4-3-7(10)16-9/h3-4,6,11H,2,5H2,1H3,(H,12,13). The highest BCUT2D eigenvalue weighted by Gasteiger charge is 2.22. The van der Waals surface area contributed by atoms with E-state index in [1.54, 1.807) is 6.92 Å². The molecule has 0 saturated heterocycles. The van der Waals surface area contributed by atoms with E-state index in [9.17, 15) is 13.2 Å². The average molecular weight is 298 g/mol. The number of hydrogen-bond donors (Lipinski definition) is 2. The molecule has 8 heteroatoms. The first kappa shape index (κ1) is 14.4. The molecule has 0 bridgehead atoms. The van der Waals surface area contributed by atoms with E-state index in [0.717, 1.165) is 11.3 Å². The van der Waals surface area contributed by atoms with Gasteiger partial charge in [-0.2, -0.15) is 0 Å². The lowest BCUT2D eigenvalue weighted by atomic mass is 10.2. The van der Waals surface area contributed by atoms with Crippen LogP contribution >= 0.6 is 22.9 Å². The number of thiophene rings is 1. The van der Waals surface area contributed by atoms with Gasteiger partial charge in [0.15, 0.2) is 0 Å². The van der Waals surface area contributed by atoms with Crippen LogP contribution in [0.4, 0.5) is 0 Å². The highest BCUT2D eigenvalue weighted by atomic mass is 35.5. The van der Waals surface area contributed by atoms with E-state index >= 15 is 0 Å². The van der Waals surface area contributed by atoms with Gasteiger partial charge in [-0.15, -0.1) is 11.3 Å². The molecule has 5 nitrogen and oxygen atoms in total. The molecule has 1 aromatic rings. The number of halogens is 1. The van der Waals surface area contributed by atoms with Crippen molar-refractivity contribution < 1.29 is 18.3 Å². The van der Waals surface area contributed by atoms with E-state index < -0.39 is 22.0 Å². The maximum absolute atomic E-state index is 11.8. The van der Waals surface area contributed by atoms with Crippen molar-refractivity contribution in [1.29, 1.82) is 0 Å². The van der Waals surface area contributed by atoms with Gasteiger partial charge in [-0.25, -0.2) is 13.1 Å². The first-order valence-electron chi connectivity index (χ1n) is 4.84. The second-order valence-corrected chi connectivity index (χ2v) is 7.04. The molecule has 0 amide bonds. The molecular weight excluding hydrogens is 286 g/mol. The quantitative estimate of drug-likeness (QED) is 0.840. The Morgan fingerprint density at radius 1 is 1.59 bits per heavy atom. The molecule has 0 radical (unpaired) electrons. The summed E-state index contributed by atoms with van der Waals surface area (Å²) in [5, 5.41) is 8.63. The van der Waals surface area contributed by atoms with Crippen LogP contribution in [0.2, 0.25) is 4.34 Å². The molecule has 0 fully saturated rings. The molecule has 0 aliphatic rings. The zero-order valence-electron chi connectivity index (χ0n) is 9.01. The fourth-order valence-corrected chi connectivity index (χ4v) is 4.02. The number of carboxylic acid groups (broad SMARTS) is 1. The van der Waals surface area contributed by atoms with Crippen molar-refractivity contribution in [1.82, 2.24) is 4.72 Å². The van der Waals surface area contributed by atoms with Gasteiger partial charge >= 0.3 is 5.97 Å². The van der Waals surface area contributed by atoms with Gasteiger partial charge in [0.25, 0.3) is 0 Å². The third-order valence-corrected chi connectivity index (χ3v) is 5.29.